The van der Waals surface area contributed by atoms with E-state index in [4.69, 9.17) is 9.52 Å². The molecule has 8 nitrogen and oxygen atoms in total. The molecule has 8 heteroatoms. The predicted molar refractivity (Wildman–Crippen MR) is 127 cm³/mol. The molecule has 170 valence electrons. The van der Waals surface area contributed by atoms with E-state index in [9.17, 15) is 19.2 Å². The number of benzene rings is 3. The Morgan fingerprint density at radius 3 is 2.18 bits per heavy atom. The molecule has 0 fully saturated rings. The van der Waals surface area contributed by atoms with Gasteiger partial charge in [0.25, 0.3) is 11.8 Å². The highest BCUT2D eigenvalue weighted by atomic mass is 16.4. The minimum absolute atomic E-state index is 0.137. The molecule has 0 aliphatic heterocycles. The third-order valence-corrected chi connectivity index (χ3v) is 5.12. The third kappa shape index (κ3) is 5.02. The van der Waals surface area contributed by atoms with Crippen LogP contribution >= 0.6 is 0 Å². The van der Waals surface area contributed by atoms with Gasteiger partial charge in [-0.25, -0.2) is 0 Å². The summed E-state index contributed by atoms with van der Waals surface area (Å²) in [5.41, 5.74) is 3.13. The molecule has 1 aromatic heterocycles. The molecule has 0 saturated heterocycles. The first-order valence-electron chi connectivity index (χ1n) is 10.4. The van der Waals surface area contributed by atoms with Gasteiger partial charge in [0, 0.05) is 28.4 Å². The first kappa shape index (κ1) is 22.5. The number of anilines is 1. The number of aliphatic carboxylic acids is 1. The van der Waals surface area contributed by atoms with Crippen LogP contribution in [0, 0.1) is 6.92 Å². The monoisotopic (exact) mass is 456 g/mol. The van der Waals surface area contributed by atoms with Crippen LogP contribution in [0.3, 0.4) is 0 Å². The van der Waals surface area contributed by atoms with Gasteiger partial charge < -0.3 is 20.2 Å². The number of aryl methyl sites for hydroxylation is 1. The SMILES string of the molecule is Cc1ccc2oc(-c3ccc(C(=O)Nc4ccc(C(=O)NCC(=O)O)cc4)cc3)cc(=O)c2c1. The summed E-state index contributed by atoms with van der Waals surface area (Å²) in [6.45, 7) is 1.43. The van der Waals surface area contributed by atoms with E-state index in [-0.39, 0.29) is 16.9 Å². The van der Waals surface area contributed by atoms with E-state index >= 15 is 0 Å². The van der Waals surface area contributed by atoms with E-state index < -0.39 is 18.4 Å². The summed E-state index contributed by atoms with van der Waals surface area (Å²) in [5, 5.41) is 14.1. The van der Waals surface area contributed by atoms with Crippen molar-refractivity contribution in [3.8, 4) is 11.3 Å². The number of hydrogen-bond acceptors (Lipinski definition) is 5. The molecule has 2 amide bonds. The Kier molecular flexibility index (Phi) is 6.22. The van der Waals surface area contributed by atoms with Crippen molar-refractivity contribution in [2.75, 3.05) is 11.9 Å². The van der Waals surface area contributed by atoms with Gasteiger partial charge in [-0.05, 0) is 55.5 Å². The normalized spacial score (nSPS) is 10.6. The highest BCUT2D eigenvalue weighted by Gasteiger charge is 2.11. The maximum atomic E-state index is 12.6. The Hall–Kier alpha value is -4.72. The fourth-order valence-electron chi connectivity index (χ4n) is 3.36. The second-order valence-electron chi connectivity index (χ2n) is 7.66. The molecule has 0 spiro atoms. The van der Waals surface area contributed by atoms with Crippen molar-refractivity contribution in [2.24, 2.45) is 0 Å². The van der Waals surface area contributed by atoms with E-state index in [0.717, 1.165) is 5.56 Å². The zero-order chi connectivity index (χ0) is 24.2. The van der Waals surface area contributed by atoms with Gasteiger partial charge in [0.05, 0.1) is 5.39 Å². The predicted octanol–water partition coefficient (Wildman–Crippen LogP) is 3.84. The smallest absolute Gasteiger partial charge is 0.322 e. The Balaban J connectivity index is 1.46. The van der Waals surface area contributed by atoms with Crippen LogP contribution in [-0.4, -0.2) is 29.4 Å². The molecule has 3 N–H and O–H groups in total. The van der Waals surface area contributed by atoms with Gasteiger partial charge >= 0.3 is 5.97 Å². The zero-order valence-corrected chi connectivity index (χ0v) is 18.1. The first-order valence-corrected chi connectivity index (χ1v) is 10.4. The van der Waals surface area contributed by atoms with Crippen molar-refractivity contribution < 1.29 is 23.9 Å². The highest BCUT2D eigenvalue weighted by Crippen LogP contribution is 2.23. The Morgan fingerprint density at radius 2 is 1.50 bits per heavy atom. The first-order chi connectivity index (χ1) is 16.3. The van der Waals surface area contributed by atoms with Crippen LogP contribution in [0.15, 0.2) is 82.0 Å². The number of amides is 2. The molecule has 3 aromatic carbocycles. The topological polar surface area (TPSA) is 126 Å². The summed E-state index contributed by atoms with van der Waals surface area (Å²) in [6.07, 6.45) is 0. The number of carbonyl (C=O) groups is 3. The van der Waals surface area contributed by atoms with Crippen LogP contribution in [-0.2, 0) is 4.79 Å². The van der Waals surface area contributed by atoms with Crippen LogP contribution in [0.4, 0.5) is 5.69 Å². The number of nitrogens with one attached hydrogen (secondary N) is 2. The van der Waals surface area contributed by atoms with Crippen LogP contribution in [0.25, 0.3) is 22.3 Å². The summed E-state index contributed by atoms with van der Waals surface area (Å²) in [7, 11) is 0. The van der Waals surface area contributed by atoms with E-state index in [0.29, 0.717) is 33.5 Å². The number of carboxylic acid groups (broad SMARTS) is 1. The fourth-order valence-corrected chi connectivity index (χ4v) is 3.36. The second-order valence-corrected chi connectivity index (χ2v) is 7.66. The third-order valence-electron chi connectivity index (χ3n) is 5.12. The number of fused-ring (bicyclic) bond motifs is 1. The number of carboxylic acids is 1. The molecule has 0 aliphatic rings. The average Bonchev–Trinajstić information content (AvgIpc) is 2.83. The highest BCUT2D eigenvalue weighted by molar-refractivity contribution is 6.05. The van der Waals surface area contributed by atoms with Gasteiger partial charge in [-0.3, -0.25) is 19.2 Å². The van der Waals surface area contributed by atoms with E-state index in [1.807, 2.05) is 13.0 Å². The minimum atomic E-state index is -1.14. The lowest BCUT2D eigenvalue weighted by Crippen LogP contribution is -2.29. The van der Waals surface area contributed by atoms with Crippen LogP contribution in [0.5, 0.6) is 0 Å². The molecule has 4 aromatic rings. The van der Waals surface area contributed by atoms with Crippen molar-refractivity contribution >= 4 is 34.4 Å². The molecule has 0 bridgehead atoms. The van der Waals surface area contributed by atoms with Gasteiger partial charge in [-0.2, -0.15) is 0 Å². The van der Waals surface area contributed by atoms with Crippen molar-refractivity contribution in [3.05, 3.63) is 99.7 Å². The molecular formula is C26H20N2O6. The molecule has 4 rings (SSSR count). The summed E-state index contributed by atoms with van der Waals surface area (Å²) in [4.78, 5) is 47.5. The summed E-state index contributed by atoms with van der Waals surface area (Å²) < 4.78 is 5.87. The van der Waals surface area contributed by atoms with Crippen LogP contribution < -0.4 is 16.1 Å². The van der Waals surface area contributed by atoms with Gasteiger partial charge in [0.2, 0.25) is 0 Å². The second kappa shape index (κ2) is 9.41. The molecule has 34 heavy (non-hydrogen) atoms. The summed E-state index contributed by atoms with van der Waals surface area (Å²) >= 11 is 0. The lowest BCUT2D eigenvalue weighted by molar-refractivity contribution is -0.135. The van der Waals surface area contributed by atoms with Crippen LogP contribution in [0.2, 0.25) is 0 Å². The van der Waals surface area contributed by atoms with Crippen molar-refractivity contribution in [3.63, 3.8) is 0 Å². The quantitative estimate of drug-likeness (QED) is 0.405. The van der Waals surface area contributed by atoms with Gasteiger partial charge in [-0.1, -0.05) is 23.8 Å². The zero-order valence-electron chi connectivity index (χ0n) is 18.1. The van der Waals surface area contributed by atoms with Crippen molar-refractivity contribution in [1.82, 2.24) is 5.32 Å². The van der Waals surface area contributed by atoms with Gasteiger partial charge in [0.15, 0.2) is 5.43 Å². The summed E-state index contributed by atoms with van der Waals surface area (Å²) in [5.74, 6) is -1.61. The van der Waals surface area contributed by atoms with Crippen molar-refractivity contribution in [1.29, 1.82) is 0 Å². The Bertz CT molecular complexity index is 1450. The van der Waals surface area contributed by atoms with Crippen molar-refractivity contribution in [2.45, 2.75) is 6.92 Å². The molecule has 0 atom stereocenters. The largest absolute Gasteiger partial charge is 0.480 e. The van der Waals surface area contributed by atoms with Crippen LogP contribution in [0.1, 0.15) is 26.3 Å². The van der Waals surface area contributed by atoms with E-state index in [2.05, 4.69) is 10.6 Å². The minimum Gasteiger partial charge on any atom is -0.480 e. The average molecular weight is 456 g/mol. The fraction of sp³-hybridized carbons (Fsp3) is 0.0769. The van der Waals surface area contributed by atoms with Gasteiger partial charge in [-0.15, -0.1) is 0 Å². The Labute approximate surface area is 193 Å². The molecule has 0 saturated carbocycles. The van der Waals surface area contributed by atoms with Gasteiger partial charge in [0.1, 0.15) is 17.9 Å². The maximum Gasteiger partial charge on any atom is 0.322 e. The molecule has 1 heterocycles. The maximum absolute atomic E-state index is 12.6. The molecular weight excluding hydrogens is 436 g/mol. The Morgan fingerprint density at radius 1 is 0.853 bits per heavy atom. The number of rotatable bonds is 6. The van der Waals surface area contributed by atoms with E-state index in [1.54, 1.807) is 48.5 Å². The number of hydrogen-bond donors (Lipinski definition) is 3. The standard InChI is InChI=1S/C26H20N2O6/c1-15-2-11-22-20(12-15)21(29)13-23(34-22)16-3-5-18(6-4-16)26(33)28-19-9-7-17(8-10-19)25(32)27-14-24(30)31/h2-13H,14H2,1H3,(H,27,32)(H,28,33)(H,30,31). The molecule has 0 aliphatic carbocycles. The lowest BCUT2D eigenvalue weighted by Gasteiger charge is -2.08. The molecule has 0 radical (unpaired) electrons. The number of carbonyl (C=O) groups excluding carboxylic acids is 2. The lowest BCUT2D eigenvalue weighted by atomic mass is 10.1. The van der Waals surface area contributed by atoms with E-state index in [1.165, 1.54) is 18.2 Å². The molecule has 0 unspecified atom stereocenters. The summed E-state index contributed by atoms with van der Waals surface area (Å²) in [6, 6.07) is 19.6.